The molecule has 0 radical (unpaired) electrons. The minimum atomic E-state index is -0.347. The first-order valence-corrected chi connectivity index (χ1v) is 17.1. The van der Waals surface area contributed by atoms with E-state index in [1.165, 1.54) is 27.7 Å². The van der Waals surface area contributed by atoms with Gasteiger partial charge < -0.3 is 19.0 Å². The molecule has 10 aromatic rings. The van der Waals surface area contributed by atoms with Crippen molar-refractivity contribution >= 4 is 44.0 Å². The van der Waals surface area contributed by atoms with E-state index in [9.17, 15) is 18.4 Å². The van der Waals surface area contributed by atoms with Crippen LogP contribution in [0.1, 0.15) is 13.8 Å². The number of aromatic nitrogens is 6. The highest BCUT2D eigenvalue weighted by atomic mass is 19.1. The normalized spacial score (nSPS) is 11.1. The van der Waals surface area contributed by atoms with E-state index >= 15 is 0 Å². The van der Waals surface area contributed by atoms with Crippen LogP contribution in [0.25, 0.3) is 78.2 Å². The molecule has 0 spiro atoms. The zero-order chi connectivity index (χ0) is 37.3. The van der Waals surface area contributed by atoms with E-state index in [4.69, 9.17) is 9.05 Å². The number of hydrogen-bond acceptors (Lipinski definition) is 6. The monoisotopic (exact) mass is 720 g/mol. The van der Waals surface area contributed by atoms with Crippen molar-refractivity contribution in [2.45, 2.75) is 13.8 Å². The van der Waals surface area contributed by atoms with E-state index in [1.807, 2.05) is 32.0 Å². The number of imidazole rings is 2. The molecule has 0 aliphatic heterocycles. The van der Waals surface area contributed by atoms with Crippen molar-refractivity contribution in [3.8, 4) is 34.2 Å². The number of nitrogens with zero attached hydrogens (tertiary/aromatic N) is 4. The molecule has 0 unspecified atom stereocenters. The van der Waals surface area contributed by atoms with E-state index in [1.54, 1.807) is 97.1 Å². The Hall–Kier alpha value is -7.34. The molecule has 0 saturated carbocycles. The number of H-pyrrole nitrogens is 2. The molecule has 266 valence electrons. The number of nitrogens with one attached hydrogen (secondary N) is 2. The highest BCUT2D eigenvalue weighted by molar-refractivity contribution is 5.83. The summed E-state index contributed by atoms with van der Waals surface area (Å²) >= 11 is 0. The van der Waals surface area contributed by atoms with Crippen LogP contribution in [0.2, 0.25) is 0 Å². The minimum absolute atomic E-state index is 0.210. The summed E-state index contributed by atoms with van der Waals surface area (Å²) in [6.45, 7) is 4.00. The molecule has 0 atom stereocenters. The van der Waals surface area contributed by atoms with Crippen LogP contribution in [-0.2, 0) is 0 Å². The summed E-state index contributed by atoms with van der Waals surface area (Å²) in [4.78, 5) is 40.3. The van der Waals surface area contributed by atoms with E-state index in [0.29, 0.717) is 61.6 Å². The number of aromatic amines is 2. The van der Waals surface area contributed by atoms with Crippen LogP contribution in [0.3, 0.4) is 0 Å². The molecule has 12 heteroatoms. The first-order chi connectivity index (χ1) is 26.4. The maximum absolute atomic E-state index is 14.0. The summed E-state index contributed by atoms with van der Waals surface area (Å²) < 4.78 is 40.9. The SMILES string of the molecule is CC.O=c1c2ccccc2on1-c1ccc2nc(-c3ccc(F)cc3)[nH]c2c1.O=c1c2ccccc2on1-c1ccc2nc(-c3ccccc3F)[nH]c2c1. The van der Waals surface area contributed by atoms with Gasteiger partial charge in [0.05, 0.1) is 49.8 Å². The van der Waals surface area contributed by atoms with Gasteiger partial charge in [0.1, 0.15) is 23.3 Å². The van der Waals surface area contributed by atoms with E-state index in [0.717, 1.165) is 16.6 Å². The second kappa shape index (κ2) is 14.0. The topological polar surface area (TPSA) is 128 Å². The highest BCUT2D eigenvalue weighted by Crippen LogP contribution is 2.26. The maximum atomic E-state index is 14.0. The molecule has 0 aliphatic rings. The van der Waals surface area contributed by atoms with Gasteiger partial charge in [-0.2, -0.15) is 0 Å². The maximum Gasteiger partial charge on any atom is 0.295 e. The van der Waals surface area contributed by atoms with Gasteiger partial charge in [-0.25, -0.2) is 18.7 Å². The summed E-state index contributed by atoms with van der Waals surface area (Å²) in [6.07, 6.45) is 0. The lowest BCUT2D eigenvalue weighted by Crippen LogP contribution is -2.11. The summed E-state index contributed by atoms with van der Waals surface area (Å²) in [5.41, 5.74) is 5.85. The Balaban J connectivity index is 0.000000147. The van der Waals surface area contributed by atoms with Crippen LogP contribution in [0.15, 0.2) is 152 Å². The molecule has 4 heterocycles. The summed E-state index contributed by atoms with van der Waals surface area (Å²) in [5.74, 6) is 0.429. The molecular weight excluding hydrogens is 690 g/mol. The van der Waals surface area contributed by atoms with Crippen LogP contribution in [0.4, 0.5) is 8.78 Å². The van der Waals surface area contributed by atoms with E-state index in [-0.39, 0.29) is 22.8 Å². The fraction of sp³-hybridized carbons (Fsp3) is 0.0476. The molecule has 6 aromatic carbocycles. The second-order valence-electron chi connectivity index (χ2n) is 11.9. The van der Waals surface area contributed by atoms with Gasteiger partial charge in [-0.1, -0.05) is 50.2 Å². The van der Waals surface area contributed by atoms with E-state index in [2.05, 4.69) is 19.9 Å². The zero-order valence-corrected chi connectivity index (χ0v) is 28.9. The third kappa shape index (κ3) is 6.15. The Bertz CT molecular complexity index is 3060. The number of rotatable bonds is 4. The van der Waals surface area contributed by atoms with Crippen LogP contribution in [-0.4, -0.2) is 29.4 Å². The van der Waals surface area contributed by atoms with Crippen molar-refractivity contribution in [2.75, 3.05) is 0 Å². The van der Waals surface area contributed by atoms with Crippen molar-refractivity contribution in [2.24, 2.45) is 0 Å². The molecule has 2 N–H and O–H groups in total. The Morgan fingerprint density at radius 2 is 1.04 bits per heavy atom. The number of halogens is 2. The Kier molecular flexibility index (Phi) is 8.76. The fourth-order valence-corrected chi connectivity index (χ4v) is 6.06. The average Bonchev–Trinajstić information content (AvgIpc) is 3.99. The number of benzene rings is 6. The van der Waals surface area contributed by atoms with Crippen LogP contribution >= 0.6 is 0 Å². The molecular formula is C42H30F2N6O4. The molecule has 10 rings (SSSR count). The molecule has 0 amide bonds. The molecule has 0 aliphatic carbocycles. The van der Waals surface area contributed by atoms with Crippen LogP contribution in [0, 0.1) is 11.6 Å². The largest absolute Gasteiger partial charge is 0.371 e. The van der Waals surface area contributed by atoms with E-state index < -0.39 is 0 Å². The third-order valence-electron chi connectivity index (χ3n) is 8.63. The van der Waals surface area contributed by atoms with Crippen LogP contribution in [0.5, 0.6) is 0 Å². The van der Waals surface area contributed by atoms with Gasteiger partial charge in [-0.3, -0.25) is 9.59 Å². The molecule has 0 saturated heterocycles. The predicted octanol–water partition coefficient (Wildman–Crippen LogP) is 9.56. The first kappa shape index (κ1) is 33.8. The average molecular weight is 721 g/mol. The Labute approximate surface area is 304 Å². The van der Waals surface area contributed by atoms with Gasteiger partial charge >= 0.3 is 0 Å². The highest BCUT2D eigenvalue weighted by Gasteiger charge is 2.15. The lowest BCUT2D eigenvalue weighted by molar-refractivity contribution is 0.368. The predicted molar refractivity (Wildman–Crippen MR) is 205 cm³/mol. The number of fused-ring (bicyclic) bond motifs is 4. The smallest absolute Gasteiger partial charge is 0.295 e. The van der Waals surface area contributed by atoms with Crippen LogP contribution < -0.4 is 11.1 Å². The molecule has 0 bridgehead atoms. The van der Waals surface area contributed by atoms with Gasteiger partial charge in [-0.05, 0) is 97.1 Å². The molecule has 10 nitrogen and oxygen atoms in total. The number of hydrogen-bond donors (Lipinski definition) is 2. The number of para-hydroxylation sites is 2. The lowest BCUT2D eigenvalue weighted by Gasteiger charge is -1.99. The standard InChI is InChI=1S/2C20H12FN3O2.C2H6/c21-15-7-3-1-5-13(15)19-22-16-10-9-12(11-17(16)23-19)24-20(25)14-6-2-4-8-18(14)26-24;21-13-7-5-12(6-8-13)19-22-16-10-9-14(11-17(16)23-19)24-20(25)15-3-1-2-4-18(15)26-24;1-2/h2*1-11H,(H,22,23);1-2H3. The Morgan fingerprint density at radius 3 is 1.57 bits per heavy atom. The van der Waals surface area contributed by atoms with Crippen molar-refractivity contribution in [1.29, 1.82) is 0 Å². The van der Waals surface area contributed by atoms with Gasteiger partial charge in [-0.15, -0.1) is 9.48 Å². The molecule has 4 aromatic heterocycles. The van der Waals surface area contributed by atoms with Gasteiger partial charge in [0, 0.05) is 5.56 Å². The first-order valence-electron chi connectivity index (χ1n) is 17.1. The zero-order valence-electron chi connectivity index (χ0n) is 28.9. The van der Waals surface area contributed by atoms with Crippen molar-refractivity contribution in [3.63, 3.8) is 0 Å². The second-order valence-corrected chi connectivity index (χ2v) is 11.9. The molecule has 0 fully saturated rings. The van der Waals surface area contributed by atoms with Crippen molar-refractivity contribution < 1.29 is 17.8 Å². The quantitative estimate of drug-likeness (QED) is 0.186. The summed E-state index contributed by atoms with van der Waals surface area (Å²) in [6, 6.07) is 37.4. The third-order valence-corrected chi connectivity index (χ3v) is 8.63. The molecule has 54 heavy (non-hydrogen) atoms. The summed E-state index contributed by atoms with van der Waals surface area (Å²) in [7, 11) is 0. The van der Waals surface area contributed by atoms with Crippen molar-refractivity contribution in [3.05, 3.63) is 166 Å². The lowest BCUT2D eigenvalue weighted by atomic mass is 10.2. The summed E-state index contributed by atoms with van der Waals surface area (Å²) in [5, 5.41) is 1.05. The van der Waals surface area contributed by atoms with Crippen molar-refractivity contribution in [1.82, 2.24) is 29.4 Å². The van der Waals surface area contributed by atoms with Gasteiger partial charge in [0.2, 0.25) is 0 Å². The fourth-order valence-electron chi connectivity index (χ4n) is 6.06. The van der Waals surface area contributed by atoms with Gasteiger partial charge in [0.15, 0.2) is 11.2 Å². The Morgan fingerprint density at radius 1 is 0.556 bits per heavy atom. The minimum Gasteiger partial charge on any atom is -0.371 e. The van der Waals surface area contributed by atoms with Gasteiger partial charge in [0.25, 0.3) is 11.1 Å².